The van der Waals surface area contributed by atoms with Crippen LogP contribution >= 0.6 is 11.3 Å². The molecule has 1 saturated heterocycles. The molecule has 2 aromatic heterocycles. The Balaban J connectivity index is 1.62. The van der Waals surface area contributed by atoms with Gasteiger partial charge in [-0.3, -0.25) is 4.79 Å². The van der Waals surface area contributed by atoms with Crippen LogP contribution in [-0.2, 0) is 10.0 Å². The van der Waals surface area contributed by atoms with Gasteiger partial charge in [0.1, 0.15) is 10.4 Å². The number of aromatic hydroxyl groups is 1. The van der Waals surface area contributed by atoms with Gasteiger partial charge in [-0.15, -0.1) is 11.3 Å². The maximum atomic E-state index is 12.7. The quantitative estimate of drug-likeness (QED) is 0.389. The molecular weight excluding hydrogens is 422 g/mol. The molecule has 0 aliphatic carbocycles. The molecule has 0 spiro atoms. The van der Waals surface area contributed by atoms with Gasteiger partial charge < -0.3 is 15.4 Å². The second kappa shape index (κ2) is 7.21. The molecule has 0 amide bonds. The van der Waals surface area contributed by atoms with Crippen molar-refractivity contribution in [1.82, 2.24) is 15.0 Å². The molecule has 1 unspecified atom stereocenters. The first-order valence-electron chi connectivity index (χ1n) is 9.53. The van der Waals surface area contributed by atoms with E-state index in [1.165, 1.54) is 29.5 Å². The summed E-state index contributed by atoms with van der Waals surface area (Å²) in [5.74, 6) is 0.0628. The topological polar surface area (TPSA) is 111 Å². The molecule has 2 aromatic carbocycles. The van der Waals surface area contributed by atoms with Crippen molar-refractivity contribution in [2.75, 3.05) is 13.1 Å². The fourth-order valence-electron chi connectivity index (χ4n) is 3.97. The fourth-order valence-corrected chi connectivity index (χ4v) is 6.04. The molecule has 4 aromatic rings. The summed E-state index contributed by atoms with van der Waals surface area (Å²) in [4.78, 5) is 15.3. The number of fused-ring (bicyclic) bond motifs is 3. The molecule has 5 rings (SSSR count). The first-order valence-corrected chi connectivity index (χ1v) is 11.9. The van der Waals surface area contributed by atoms with Crippen molar-refractivity contribution in [3.8, 4) is 16.9 Å². The average Bonchev–Trinajstić information content (AvgIpc) is 3.41. The van der Waals surface area contributed by atoms with E-state index in [1.54, 1.807) is 18.2 Å². The average molecular weight is 442 g/mol. The fraction of sp³-hybridized carbons (Fsp3) is 0.190. The largest absolute Gasteiger partial charge is 0.507 e. The summed E-state index contributed by atoms with van der Waals surface area (Å²) in [5.41, 5.74) is 1.67. The van der Waals surface area contributed by atoms with Crippen molar-refractivity contribution in [1.29, 1.82) is 0 Å². The second-order valence-corrected chi connectivity index (χ2v) is 9.97. The first kappa shape index (κ1) is 19.3. The third kappa shape index (κ3) is 3.20. The number of phenols is 1. The summed E-state index contributed by atoms with van der Waals surface area (Å²) < 4.78 is 28.6. The number of aromatic amines is 1. The minimum atomic E-state index is -3.62. The van der Waals surface area contributed by atoms with E-state index in [2.05, 4.69) is 15.0 Å². The number of aromatic nitrogens is 1. The standard InChI is InChI=1S/C21H19N3O4S2/c25-17-6-5-16-19(15-8-10-29-20(15)21(26)23-16)18(17)12-1-3-14(4-2-12)30(27,28)24-13-7-9-22-11-13/h1-6,8,10,13,22,24-25H,7,9,11H2,(H,23,26). The molecule has 0 bridgehead atoms. The molecule has 3 heterocycles. The van der Waals surface area contributed by atoms with Crippen LogP contribution in [0.5, 0.6) is 5.75 Å². The number of hydrogen-bond acceptors (Lipinski definition) is 6. The van der Waals surface area contributed by atoms with Crippen LogP contribution < -0.4 is 15.6 Å². The highest BCUT2D eigenvalue weighted by Gasteiger charge is 2.23. The van der Waals surface area contributed by atoms with Gasteiger partial charge in [0, 0.05) is 34.4 Å². The summed E-state index contributed by atoms with van der Waals surface area (Å²) in [6.07, 6.45) is 0.760. The highest BCUT2D eigenvalue weighted by Crippen LogP contribution is 2.39. The van der Waals surface area contributed by atoms with Crippen LogP contribution in [0.15, 0.2) is 57.5 Å². The molecule has 1 fully saturated rings. The zero-order chi connectivity index (χ0) is 20.9. The third-order valence-electron chi connectivity index (χ3n) is 5.41. The lowest BCUT2D eigenvalue weighted by Gasteiger charge is -2.14. The van der Waals surface area contributed by atoms with Gasteiger partial charge in [-0.25, -0.2) is 13.1 Å². The van der Waals surface area contributed by atoms with E-state index in [4.69, 9.17) is 0 Å². The number of pyridine rings is 1. The molecule has 4 N–H and O–H groups in total. The van der Waals surface area contributed by atoms with Gasteiger partial charge in [0.2, 0.25) is 10.0 Å². The molecule has 7 nitrogen and oxygen atoms in total. The Kier molecular flexibility index (Phi) is 4.62. The van der Waals surface area contributed by atoms with Crippen LogP contribution in [0.4, 0.5) is 0 Å². The number of hydrogen-bond donors (Lipinski definition) is 4. The zero-order valence-corrected chi connectivity index (χ0v) is 17.4. The number of H-pyrrole nitrogens is 1. The highest BCUT2D eigenvalue weighted by molar-refractivity contribution is 7.89. The molecule has 30 heavy (non-hydrogen) atoms. The second-order valence-electron chi connectivity index (χ2n) is 7.34. The van der Waals surface area contributed by atoms with Gasteiger partial charge >= 0.3 is 0 Å². The molecule has 1 aliphatic heterocycles. The summed E-state index contributed by atoms with van der Waals surface area (Å²) in [6, 6.07) is 11.4. The molecule has 0 radical (unpaired) electrons. The number of rotatable bonds is 4. The van der Waals surface area contributed by atoms with E-state index >= 15 is 0 Å². The van der Waals surface area contributed by atoms with Gasteiger partial charge in [-0.1, -0.05) is 12.1 Å². The number of benzene rings is 2. The Morgan fingerprint density at radius 3 is 2.63 bits per heavy atom. The van der Waals surface area contributed by atoms with Gasteiger partial charge in [0.15, 0.2) is 0 Å². The van der Waals surface area contributed by atoms with Crippen LogP contribution in [0.3, 0.4) is 0 Å². The lowest BCUT2D eigenvalue weighted by Crippen LogP contribution is -2.36. The van der Waals surface area contributed by atoms with E-state index in [9.17, 15) is 18.3 Å². The predicted molar refractivity (Wildman–Crippen MR) is 119 cm³/mol. The van der Waals surface area contributed by atoms with Gasteiger partial charge in [0.25, 0.3) is 5.56 Å². The smallest absolute Gasteiger partial charge is 0.266 e. The predicted octanol–water partition coefficient (Wildman–Crippen LogP) is 2.76. The molecule has 154 valence electrons. The summed E-state index contributed by atoms with van der Waals surface area (Å²) >= 11 is 1.34. The van der Waals surface area contributed by atoms with E-state index < -0.39 is 10.0 Å². The molecule has 9 heteroatoms. The third-order valence-corrected chi connectivity index (χ3v) is 7.86. The normalized spacial score (nSPS) is 17.1. The van der Waals surface area contributed by atoms with E-state index in [0.29, 0.717) is 27.9 Å². The first-order chi connectivity index (χ1) is 14.4. The van der Waals surface area contributed by atoms with Gasteiger partial charge in [-0.05, 0) is 54.2 Å². The van der Waals surface area contributed by atoms with Crippen molar-refractivity contribution < 1.29 is 13.5 Å². The zero-order valence-electron chi connectivity index (χ0n) is 15.8. The summed E-state index contributed by atoms with van der Waals surface area (Å²) in [7, 11) is -3.62. The Bertz CT molecular complexity index is 1420. The number of sulfonamides is 1. The van der Waals surface area contributed by atoms with Crippen molar-refractivity contribution >= 4 is 42.3 Å². The van der Waals surface area contributed by atoms with Crippen molar-refractivity contribution in [2.24, 2.45) is 0 Å². The van der Waals surface area contributed by atoms with Crippen LogP contribution in [0.25, 0.3) is 32.1 Å². The van der Waals surface area contributed by atoms with Crippen LogP contribution in [0, 0.1) is 0 Å². The summed E-state index contributed by atoms with van der Waals surface area (Å²) in [6.45, 7) is 1.42. The lowest BCUT2D eigenvalue weighted by atomic mass is 9.97. The minimum absolute atomic E-state index is 0.0628. The number of thiophene rings is 1. The monoisotopic (exact) mass is 441 g/mol. The van der Waals surface area contributed by atoms with E-state index in [-0.39, 0.29) is 22.2 Å². The van der Waals surface area contributed by atoms with Crippen LogP contribution in [0.1, 0.15) is 6.42 Å². The Morgan fingerprint density at radius 1 is 1.10 bits per heavy atom. The van der Waals surface area contributed by atoms with Crippen LogP contribution in [0.2, 0.25) is 0 Å². The van der Waals surface area contributed by atoms with Crippen LogP contribution in [-0.4, -0.2) is 37.6 Å². The maximum absolute atomic E-state index is 12.7. The summed E-state index contributed by atoms with van der Waals surface area (Å²) in [5, 5.41) is 17.1. The van der Waals surface area contributed by atoms with E-state index in [0.717, 1.165) is 23.7 Å². The maximum Gasteiger partial charge on any atom is 0.266 e. The Hall–Kier alpha value is -2.72. The molecule has 1 atom stereocenters. The van der Waals surface area contributed by atoms with Gasteiger partial charge in [0.05, 0.1) is 4.90 Å². The van der Waals surface area contributed by atoms with E-state index in [1.807, 2.05) is 11.4 Å². The number of phenolic OH excluding ortho intramolecular Hbond substituents is 1. The van der Waals surface area contributed by atoms with Gasteiger partial charge in [-0.2, -0.15) is 0 Å². The SMILES string of the molecule is O=c1[nH]c2ccc(O)c(-c3ccc(S(=O)(=O)NC4CCNC4)cc3)c2c2ccsc12. The molecule has 0 saturated carbocycles. The lowest BCUT2D eigenvalue weighted by molar-refractivity contribution is 0.478. The Morgan fingerprint density at radius 2 is 1.90 bits per heavy atom. The van der Waals surface area contributed by atoms with Crippen molar-refractivity contribution in [2.45, 2.75) is 17.4 Å². The number of nitrogens with one attached hydrogen (secondary N) is 3. The highest BCUT2D eigenvalue weighted by atomic mass is 32.2. The van der Waals surface area contributed by atoms with Crippen molar-refractivity contribution in [3.63, 3.8) is 0 Å². The minimum Gasteiger partial charge on any atom is -0.507 e. The molecular formula is C21H19N3O4S2. The van der Waals surface area contributed by atoms with Crippen molar-refractivity contribution in [3.05, 3.63) is 58.2 Å². The molecule has 1 aliphatic rings. The Labute approximate surface area is 176 Å².